The second-order valence-corrected chi connectivity index (χ2v) is 5.75. The summed E-state index contributed by atoms with van der Waals surface area (Å²) in [7, 11) is 0. The van der Waals surface area contributed by atoms with Crippen molar-refractivity contribution in [2.24, 2.45) is 0 Å². The zero-order valence-electron chi connectivity index (χ0n) is 14.2. The maximum absolute atomic E-state index is 9.52. The zero-order valence-corrected chi connectivity index (χ0v) is 14.2. The Kier molecular flexibility index (Phi) is 3.81. The van der Waals surface area contributed by atoms with Gasteiger partial charge in [0.15, 0.2) is 0 Å². The molecule has 0 spiro atoms. The fraction of sp³-hybridized carbons (Fsp3) is 0.294. The molecule has 0 unspecified atom stereocenters. The van der Waals surface area contributed by atoms with Crippen LogP contribution in [0.2, 0.25) is 0 Å². The van der Waals surface area contributed by atoms with Crippen molar-refractivity contribution in [2.75, 3.05) is 5.73 Å². The number of aryl methyl sites for hydroxylation is 4. The molecule has 4 N–H and O–H groups in total. The number of aromatic nitrogens is 5. The Bertz CT molecular complexity index is 937. The molecule has 0 radical (unpaired) electrons. The molecule has 0 atom stereocenters. The summed E-state index contributed by atoms with van der Waals surface area (Å²) in [6.45, 7) is 7.80. The summed E-state index contributed by atoms with van der Waals surface area (Å²) in [6, 6.07) is 4.02. The molecule has 0 aliphatic rings. The van der Waals surface area contributed by atoms with E-state index in [0.717, 1.165) is 40.6 Å². The van der Waals surface area contributed by atoms with Gasteiger partial charge in [0.2, 0.25) is 0 Å². The van der Waals surface area contributed by atoms with Gasteiger partial charge in [-0.15, -0.1) is 0 Å². The molecule has 0 fully saturated rings. The lowest BCUT2D eigenvalue weighted by molar-refractivity contribution is 0.982. The van der Waals surface area contributed by atoms with E-state index in [1.54, 1.807) is 0 Å². The number of rotatable bonds is 3. The van der Waals surface area contributed by atoms with Crippen LogP contribution in [-0.4, -0.2) is 25.1 Å². The molecule has 0 aliphatic heterocycles. The highest BCUT2D eigenvalue weighted by atomic mass is 15.1. The Labute approximate surface area is 140 Å². The number of nitrogens with one attached hydrogen (secondary N) is 2. The van der Waals surface area contributed by atoms with Crippen molar-refractivity contribution in [2.45, 2.75) is 34.1 Å². The first-order chi connectivity index (χ1) is 11.5. The van der Waals surface area contributed by atoms with Crippen LogP contribution in [0.1, 0.15) is 35.4 Å². The number of nitrogens with two attached hydrogens (primary N) is 1. The molecule has 24 heavy (non-hydrogen) atoms. The summed E-state index contributed by atoms with van der Waals surface area (Å²) >= 11 is 0. The second-order valence-electron chi connectivity index (χ2n) is 5.75. The van der Waals surface area contributed by atoms with Gasteiger partial charge in [-0.3, -0.25) is 5.10 Å². The minimum atomic E-state index is 0.199. The number of H-pyrrole nitrogens is 2. The van der Waals surface area contributed by atoms with Gasteiger partial charge in [0.25, 0.3) is 0 Å². The van der Waals surface area contributed by atoms with E-state index in [4.69, 9.17) is 5.73 Å². The number of nitrogens with zero attached hydrogens (tertiary/aromatic N) is 4. The van der Waals surface area contributed by atoms with Crippen molar-refractivity contribution >= 4 is 5.82 Å². The first-order valence-corrected chi connectivity index (χ1v) is 7.74. The largest absolute Gasteiger partial charge is 0.383 e. The quantitative estimate of drug-likeness (QED) is 0.685. The van der Waals surface area contributed by atoms with Crippen LogP contribution in [0.3, 0.4) is 0 Å². The third-order valence-electron chi connectivity index (χ3n) is 4.07. The highest BCUT2D eigenvalue weighted by Crippen LogP contribution is 2.33. The number of nitriles is 1. The Morgan fingerprint density at radius 3 is 2.50 bits per heavy atom. The molecule has 7 heteroatoms. The molecule has 3 aromatic rings. The molecule has 0 amide bonds. The van der Waals surface area contributed by atoms with Gasteiger partial charge in [-0.05, 0) is 26.8 Å². The van der Waals surface area contributed by atoms with Crippen molar-refractivity contribution in [3.05, 3.63) is 34.5 Å². The minimum Gasteiger partial charge on any atom is -0.383 e. The van der Waals surface area contributed by atoms with Crippen LogP contribution in [0.5, 0.6) is 0 Å². The monoisotopic (exact) mass is 321 g/mol. The zero-order chi connectivity index (χ0) is 17.4. The molecule has 122 valence electrons. The van der Waals surface area contributed by atoms with Gasteiger partial charge in [-0.25, -0.2) is 9.97 Å². The Balaban J connectivity index is 2.29. The van der Waals surface area contributed by atoms with Crippen LogP contribution in [0.25, 0.3) is 22.5 Å². The Morgan fingerprint density at radius 2 is 1.96 bits per heavy atom. The summed E-state index contributed by atoms with van der Waals surface area (Å²) in [5.41, 5.74) is 12.1. The van der Waals surface area contributed by atoms with E-state index in [0.29, 0.717) is 16.8 Å². The van der Waals surface area contributed by atoms with Crippen LogP contribution < -0.4 is 5.73 Å². The smallest absolute Gasteiger partial charge is 0.142 e. The average molecular weight is 321 g/mol. The third-order valence-corrected chi connectivity index (χ3v) is 4.07. The number of hydrogen-bond acceptors (Lipinski definition) is 5. The van der Waals surface area contributed by atoms with Crippen molar-refractivity contribution in [3.8, 4) is 28.6 Å². The molecular formula is C17H19N7. The lowest BCUT2D eigenvalue weighted by Gasteiger charge is -2.09. The maximum atomic E-state index is 9.52. The number of aromatic amines is 2. The Morgan fingerprint density at radius 1 is 1.21 bits per heavy atom. The van der Waals surface area contributed by atoms with E-state index in [2.05, 4.69) is 31.2 Å². The van der Waals surface area contributed by atoms with Crippen LogP contribution in [0.15, 0.2) is 6.07 Å². The molecule has 0 aliphatic carbocycles. The lowest BCUT2D eigenvalue weighted by Crippen LogP contribution is -2.01. The molecular weight excluding hydrogens is 302 g/mol. The van der Waals surface area contributed by atoms with E-state index < -0.39 is 0 Å². The van der Waals surface area contributed by atoms with Gasteiger partial charge in [0.1, 0.15) is 23.3 Å². The highest BCUT2D eigenvalue weighted by Gasteiger charge is 2.20. The predicted molar refractivity (Wildman–Crippen MR) is 92.1 cm³/mol. The summed E-state index contributed by atoms with van der Waals surface area (Å²) in [5, 5.41) is 16.7. The van der Waals surface area contributed by atoms with Crippen LogP contribution in [0.4, 0.5) is 5.82 Å². The van der Waals surface area contributed by atoms with Gasteiger partial charge < -0.3 is 10.7 Å². The molecule has 0 aromatic carbocycles. The maximum Gasteiger partial charge on any atom is 0.142 e. The van der Waals surface area contributed by atoms with Crippen LogP contribution in [0, 0.1) is 32.1 Å². The van der Waals surface area contributed by atoms with Gasteiger partial charge in [-0.2, -0.15) is 10.4 Å². The summed E-state index contributed by atoms with van der Waals surface area (Å²) < 4.78 is 0. The van der Waals surface area contributed by atoms with Crippen molar-refractivity contribution in [1.82, 2.24) is 25.1 Å². The molecule has 0 saturated heterocycles. The molecule has 0 saturated carbocycles. The Hall–Kier alpha value is -3.14. The minimum absolute atomic E-state index is 0.199. The number of anilines is 1. The molecule has 0 bridgehead atoms. The summed E-state index contributed by atoms with van der Waals surface area (Å²) in [4.78, 5) is 12.3. The number of imidazole rings is 1. The van der Waals surface area contributed by atoms with E-state index in [-0.39, 0.29) is 5.82 Å². The summed E-state index contributed by atoms with van der Waals surface area (Å²) in [6.07, 6.45) is 0.788. The SMILES string of the molecule is CCc1nc(-c2cc(-c3c(C)n[nH]c3C)nc(N)c2C#N)c(C)[nH]1. The second kappa shape index (κ2) is 5.81. The summed E-state index contributed by atoms with van der Waals surface area (Å²) in [5.74, 6) is 1.07. The predicted octanol–water partition coefficient (Wildman–Crippen LogP) is 2.80. The standard InChI is InChI=1S/C17H19N7/c1-5-14-20-10(4)16(22-14)11-6-13(21-17(19)12(11)7-18)15-8(2)23-24-9(15)3/h6H,5H2,1-4H3,(H2,19,21)(H,20,22)(H,23,24). The van der Waals surface area contributed by atoms with E-state index in [1.165, 1.54) is 0 Å². The van der Waals surface area contributed by atoms with E-state index >= 15 is 0 Å². The molecule has 3 aromatic heterocycles. The molecule has 7 nitrogen and oxygen atoms in total. The van der Waals surface area contributed by atoms with E-state index in [1.807, 2.05) is 33.8 Å². The number of pyridine rings is 1. The van der Waals surface area contributed by atoms with Crippen LogP contribution in [-0.2, 0) is 6.42 Å². The topological polar surface area (TPSA) is 120 Å². The first-order valence-electron chi connectivity index (χ1n) is 7.74. The normalized spacial score (nSPS) is 10.8. The first kappa shape index (κ1) is 15.7. The lowest BCUT2D eigenvalue weighted by atomic mass is 10.0. The van der Waals surface area contributed by atoms with Gasteiger partial charge in [0, 0.05) is 28.9 Å². The third kappa shape index (κ3) is 2.42. The molecule has 3 rings (SSSR count). The highest BCUT2D eigenvalue weighted by molar-refractivity contribution is 5.80. The average Bonchev–Trinajstić information content (AvgIpc) is 3.09. The number of hydrogen-bond donors (Lipinski definition) is 3. The fourth-order valence-electron chi connectivity index (χ4n) is 2.88. The van der Waals surface area contributed by atoms with Crippen molar-refractivity contribution in [3.63, 3.8) is 0 Å². The van der Waals surface area contributed by atoms with Crippen molar-refractivity contribution in [1.29, 1.82) is 5.26 Å². The van der Waals surface area contributed by atoms with Crippen LogP contribution >= 0.6 is 0 Å². The van der Waals surface area contributed by atoms with Gasteiger partial charge in [0.05, 0.1) is 17.1 Å². The fourth-order valence-corrected chi connectivity index (χ4v) is 2.88. The van der Waals surface area contributed by atoms with Gasteiger partial charge >= 0.3 is 0 Å². The van der Waals surface area contributed by atoms with Gasteiger partial charge in [-0.1, -0.05) is 6.92 Å². The molecule has 3 heterocycles. The van der Waals surface area contributed by atoms with E-state index in [9.17, 15) is 5.26 Å². The van der Waals surface area contributed by atoms with Crippen molar-refractivity contribution < 1.29 is 0 Å². The number of nitrogen functional groups attached to an aromatic ring is 1.